The van der Waals surface area contributed by atoms with Gasteiger partial charge in [-0.3, -0.25) is 4.79 Å². The zero-order chi connectivity index (χ0) is 13.3. The predicted molar refractivity (Wildman–Crippen MR) is 65.1 cm³/mol. The topological polar surface area (TPSA) is 81.4 Å². The van der Waals surface area contributed by atoms with Gasteiger partial charge in [-0.25, -0.2) is 9.18 Å². The average Bonchev–Trinajstić information content (AvgIpc) is 2.49. The zero-order valence-electron chi connectivity index (χ0n) is 9.53. The lowest BCUT2D eigenvalue weighted by molar-refractivity contribution is -0.116. The van der Waals surface area contributed by atoms with E-state index in [1.807, 2.05) is 0 Å². The van der Waals surface area contributed by atoms with Gasteiger partial charge >= 0.3 is 5.97 Å². The summed E-state index contributed by atoms with van der Waals surface area (Å²) in [4.78, 5) is 23.4. The molecule has 0 saturated carbocycles. The third-order valence-corrected chi connectivity index (χ3v) is 3.66. The molecule has 1 amide bonds. The highest BCUT2D eigenvalue weighted by Crippen LogP contribution is 2.32. The first-order valence-corrected chi connectivity index (χ1v) is 6.12. The number of nitrogens with one attached hydrogen (secondary N) is 1. The Labute approximate surface area is 107 Å². The maximum Gasteiger partial charge on any atom is 0.340 e. The molecule has 1 aliphatic heterocycles. The van der Waals surface area contributed by atoms with Crippen molar-refractivity contribution in [1.29, 1.82) is 0 Å². The van der Waals surface area contributed by atoms with Gasteiger partial charge in [-0.1, -0.05) is 0 Å². The molecule has 3 N–H and O–H groups in total. The summed E-state index contributed by atoms with van der Waals surface area (Å²) in [6.07, 6.45) is 0. The molecule has 5 nitrogen and oxygen atoms in total. The number of carbonyl (C=O) groups is 2. The Balaban J connectivity index is 2.45. The van der Waals surface area contributed by atoms with Crippen molar-refractivity contribution in [2.45, 2.75) is 10.9 Å². The Morgan fingerprint density at radius 3 is 3.00 bits per heavy atom. The highest BCUT2D eigenvalue weighted by molar-refractivity contribution is 7.99. The van der Waals surface area contributed by atoms with E-state index in [1.165, 1.54) is 23.9 Å². The SMILES string of the molecule is COC(=O)c1cc2c(cc1F)SC[C@H](N)C(=O)N2. The third-order valence-electron chi connectivity index (χ3n) is 2.49. The van der Waals surface area contributed by atoms with Gasteiger partial charge in [-0.15, -0.1) is 11.8 Å². The van der Waals surface area contributed by atoms with Gasteiger partial charge in [0.1, 0.15) is 5.82 Å². The Morgan fingerprint density at radius 2 is 2.33 bits per heavy atom. The van der Waals surface area contributed by atoms with E-state index in [9.17, 15) is 14.0 Å². The maximum absolute atomic E-state index is 13.7. The van der Waals surface area contributed by atoms with Crippen LogP contribution in [-0.2, 0) is 9.53 Å². The van der Waals surface area contributed by atoms with E-state index in [2.05, 4.69) is 10.1 Å². The fourth-order valence-corrected chi connectivity index (χ4v) is 2.48. The van der Waals surface area contributed by atoms with Crippen LogP contribution in [0.15, 0.2) is 17.0 Å². The molecule has 2 rings (SSSR count). The number of hydrogen-bond donors (Lipinski definition) is 2. The molecule has 1 aromatic carbocycles. The number of anilines is 1. The number of nitrogens with two attached hydrogens (primary N) is 1. The monoisotopic (exact) mass is 270 g/mol. The van der Waals surface area contributed by atoms with Crippen LogP contribution in [0.5, 0.6) is 0 Å². The van der Waals surface area contributed by atoms with E-state index in [0.717, 1.165) is 7.11 Å². The fraction of sp³-hybridized carbons (Fsp3) is 0.273. The molecule has 96 valence electrons. The third kappa shape index (κ3) is 2.32. The standard InChI is InChI=1S/C11H11FN2O3S/c1-17-11(16)5-2-8-9(3-6(5)12)18-4-7(13)10(15)14-8/h2-3,7H,4,13H2,1H3,(H,14,15)/t7-/m0/s1. The predicted octanol–water partition coefficient (Wildman–Crippen LogP) is 0.984. The first kappa shape index (κ1) is 12.8. The summed E-state index contributed by atoms with van der Waals surface area (Å²) in [6, 6.07) is 1.80. The fourth-order valence-electron chi connectivity index (χ4n) is 1.52. The molecule has 0 unspecified atom stereocenters. The largest absolute Gasteiger partial charge is 0.465 e. The number of rotatable bonds is 1. The molecular formula is C11H11FN2O3S. The normalized spacial score (nSPS) is 18.6. The number of ether oxygens (including phenoxy) is 1. The molecule has 0 aromatic heterocycles. The molecule has 1 atom stereocenters. The van der Waals surface area contributed by atoms with Gasteiger partial charge in [0.15, 0.2) is 0 Å². The number of methoxy groups -OCH3 is 1. The van der Waals surface area contributed by atoms with Crippen molar-refractivity contribution in [1.82, 2.24) is 0 Å². The van der Waals surface area contributed by atoms with Gasteiger partial charge in [-0.2, -0.15) is 0 Å². The summed E-state index contributed by atoms with van der Waals surface area (Å²) >= 11 is 1.26. The molecule has 7 heteroatoms. The van der Waals surface area contributed by atoms with Crippen LogP contribution in [-0.4, -0.2) is 30.8 Å². The van der Waals surface area contributed by atoms with Crippen molar-refractivity contribution in [3.05, 3.63) is 23.5 Å². The smallest absolute Gasteiger partial charge is 0.340 e. The molecule has 0 bridgehead atoms. The van der Waals surface area contributed by atoms with Crippen LogP contribution >= 0.6 is 11.8 Å². The molecule has 1 aromatic rings. The number of thioether (sulfide) groups is 1. The van der Waals surface area contributed by atoms with Gasteiger partial charge in [0.05, 0.1) is 24.4 Å². The number of amides is 1. The van der Waals surface area contributed by atoms with Gasteiger partial charge in [0.2, 0.25) is 5.91 Å². The Bertz CT molecular complexity index is 521. The van der Waals surface area contributed by atoms with E-state index >= 15 is 0 Å². The quantitative estimate of drug-likeness (QED) is 0.744. The minimum Gasteiger partial charge on any atom is -0.465 e. The van der Waals surface area contributed by atoms with Crippen molar-refractivity contribution in [3.63, 3.8) is 0 Å². The molecule has 0 saturated heterocycles. The van der Waals surface area contributed by atoms with Gasteiger partial charge < -0.3 is 15.8 Å². The molecule has 0 fully saturated rings. The van der Waals surface area contributed by atoms with E-state index in [0.29, 0.717) is 16.3 Å². The van der Waals surface area contributed by atoms with E-state index < -0.39 is 17.8 Å². The highest BCUT2D eigenvalue weighted by Gasteiger charge is 2.23. The van der Waals surface area contributed by atoms with Gasteiger partial charge in [-0.05, 0) is 12.1 Å². The lowest BCUT2D eigenvalue weighted by atomic mass is 10.2. The highest BCUT2D eigenvalue weighted by atomic mass is 32.2. The van der Waals surface area contributed by atoms with Crippen LogP contribution in [0.4, 0.5) is 10.1 Å². The van der Waals surface area contributed by atoms with Crippen molar-refractivity contribution >= 4 is 29.3 Å². The Morgan fingerprint density at radius 1 is 1.61 bits per heavy atom. The lowest BCUT2D eigenvalue weighted by Gasteiger charge is -2.09. The van der Waals surface area contributed by atoms with Crippen molar-refractivity contribution < 1.29 is 18.7 Å². The molecule has 0 radical (unpaired) electrons. The second kappa shape index (κ2) is 4.95. The molecule has 0 spiro atoms. The van der Waals surface area contributed by atoms with E-state index in [-0.39, 0.29) is 11.5 Å². The van der Waals surface area contributed by atoms with Crippen LogP contribution in [0.3, 0.4) is 0 Å². The van der Waals surface area contributed by atoms with Crippen LogP contribution in [0.1, 0.15) is 10.4 Å². The Kier molecular flexibility index (Phi) is 3.53. The minimum atomic E-state index is -0.789. The molecule has 1 aliphatic rings. The van der Waals surface area contributed by atoms with Crippen molar-refractivity contribution in [3.8, 4) is 0 Å². The summed E-state index contributed by atoms with van der Waals surface area (Å²) in [5.41, 5.74) is 5.76. The average molecular weight is 270 g/mol. The van der Waals surface area contributed by atoms with Crippen LogP contribution < -0.4 is 11.1 Å². The summed E-state index contributed by atoms with van der Waals surface area (Å²) in [7, 11) is 1.16. The summed E-state index contributed by atoms with van der Waals surface area (Å²) in [5.74, 6) is -1.47. The first-order valence-electron chi connectivity index (χ1n) is 5.14. The van der Waals surface area contributed by atoms with E-state index in [1.54, 1.807) is 0 Å². The number of esters is 1. The van der Waals surface area contributed by atoms with E-state index in [4.69, 9.17) is 5.73 Å². The lowest BCUT2D eigenvalue weighted by Crippen LogP contribution is -2.36. The number of carbonyl (C=O) groups excluding carboxylic acids is 2. The first-order chi connectivity index (χ1) is 8.52. The molecule has 1 heterocycles. The molecule has 18 heavy (non-hydrogen) atoms. The van der Waals surface area contributed by atoms with Crippen LogP contribution in [0.25, 0.3) is 0 Å². The number of halogens is 1. The minimum absolute atomic E-state index is 0.215. The molecular weight excluding hydrogens is 259 g/mol. The number of hydrogen-bond acceptors (Lipinski definition) is 5. The van der Waals surface area contributed by atoms with Crippen LogP contribution in [0.2, 0.25) is 0 Å². The summed E-state index contributed by atoms with van der Waals surface area (Å²) in [6.45, 7) is 0. The summed E-state index contributed by atoms with van der Waals surface area (Å²) < 4.78 is 18.1. The number of benzene rings is 1. The van der Waals surface area contributed by atoms with Gasteiger partial charge in [0, 0.05) is 10.6 Å². The second-order valence-electron chi connectivity index (χ2n) is 3.73. The summed E-state index contributed by atoms with van der Waals surface area (Å²) in [5, 5.41) is 2.56. The van der Waals surface area contributed by atoms with Crippen molar-refractivity contribution in [2.75, 3.05) is 18.2 Å². The van der Waals surface area contributed by atoms with Crippen molar-refractivity contribution in [2.24, 2.45) is 5.73 Å². The van der Waals surface area contributed by atoms with Crippen LogP contribution in [0, 0.1) is 5.82 Å². The zero-order valence-corrected chi connectivity index (χ0v) is 10.3. The van der Waals surface area contributed by atoms with Gasteiger partial charge in [0.25, 0.3) is 0 Å². The molecule has 0 aliphatic carbocycles. The maximum atomic E-state index is 13.7. The number of fused-ring (bicyclic) bond motifs is 1. The second-order valence-corrected chi connectivity index (χ2v) is 4.79. The Hall–Kier alpha value is -1.60.